The van der Waals surface area contributed by atoms with Crippen molar-refractivity contribution in [2.75, 3.05) is 19.5 Å². The van der Waals surface area contributed by atoms with Crippen LogP contribution in [0.3, 0.4) is 0 Å². The number of nitrogens with zero attached hydrogens (tertiary/aromatic N) is 3. The van der Waals surface area contributed by atoms with Crippen LogP contribution in [0.15, 0.2) is 78.6 Å². The summed E-state index contributed by atoms with van der Waals surface area (Å²) in [6, 6.07) is 21.5. The molecule has 1 N–H and O–H groups in total. The van der Waals surface area contributed by atoms with Crippen LogP contribution in [0.5, 0.6) is 17.2 Å². The Bertz CT molecular complexity index is 1420. The maximum atomic E-state index is 6.64. The van der Waals surface area contributed by atoms with E-state index in [1.54, 1.807) is 20.5 Å². The molecule has 0 amide bonds. The van der Waals surface area contributed by atoms with E-state index >= 15 is 0 Å². The SMILES string of the molecule is COc1ccc([C@@H]2Oc3ccc(Cl)cc3C3=C2[C@H](c2ccccc2)n2ncnc2N3)cc1OC. The van der Waals surface area contributed by atoms with E-state index in [0.717, 1.165) is 33.7 Å². The van der Waals surface area contributed by atoms with Gasteiger partial charge in [0.05, 0.1) is 19.9 Å². The lowest BCUT2D eigenvalue weighted by molar-refractivity contribution is 0.222. The van der Waals surface area contributed by atoms with Crippen molar-refractivity contribution < 1.29 is 14.2 Å². The van der Waals surface area contributed by atoms with Gasteiger partial charge < -0.3 is 19.5 Å². The van der Waals surface area contributed by atoms with E-state index in [1.807, 2.05) is 59.3 Å². The first-order valence-corrected chi connectivity index (χ1v) is 11.2. The average molecular weight is 473 g/mol. The molecule has 0 spiro atoms. The summed E-state index contributed by atoms with van der Waals surface area (Å²) in [6.07, 6.45) is 1.14. The summed E-state index contributed by atoms with van der Waals surface area (Å²) in [5, 5.41) is 8.67. The number of ether oxygens (including phenoxy) is 3. The summed E-state index contributed by atoms with van der Waals surface area (Å²) in [5.74, 6) is 2.68. The highest BCUT2D eigenvalue weighted by Gasteiger charge is 2.41. The second-order valence-electron chi connectivity index (χ2n) is 8.05. The molecule has 4 aromatic rings. The van der Waals surface area contributed by atoms with Crippen molar-refractivity contribution in [3.8, 4) is 17.2 Å². The second kappa shape index (κ2) is 8.11. The summed E-state index contributed by atoms with van der Waals surface area (Å²) in [5.41, 5.74) is 4.80. The minimum absolute atomic E-state index is 0.236. The maximum absolute atomic E-state index is 6.64. The summed E-state index contributed by atoms with van der Waals surface area (Å²) in [7, 11) is 3.25. The predicted octanol–water partition coefficient (Wildman–Crippen LogP) is 5.51. The molecule has 0 unspecified atom stereocenters. The third kappa shape index (κ3) is 3.20. The van der Waals surface area contributed by atoms with Crippen LogP contribution in [0.4, 0.5) is 5.95 Å². The van der Waals surface area contributed by atoms with Gasteiger partial charge in [-0.05, 0) is 35.9 Å². The molecule has 6 rings (SSSR count). The highest BCUT2D eigenvalue weighted by molar-refractivity contribution is 6.30. The van der Waals surface area contributed by atoms with Gasteiger partial charge in [-0.2, -0.15) is 10.1 Å². The van der Waals surface area contributed by atoms with Gasteiger partial charge in [-0.25, -0.2) is 4.68 Å². The number of hydrogen-bond donors (Lipinski definition) is 1. The number of nitrogens with one attached hydrogen (secondary N) is 1. The van der Waals surface area contributed by atoms with Crippen molar-refractivity contribution in [2.24, 2.45) is 0 Å². The molecule has 170 valence electrons. The average Bonchev–Trinajstić information content (AvgIpc) is 3.35. The summed E-state index contributed by atoms with van der Waals surface area (Å²) in [6.45, 7) is 0. The molecule has 0 saturated heterocycles. The molecule has 0 bridgehead atoms. The molecule has 0 radical (unpaired) electrons. The fourth-order valence-electron chi connectivity index (χ4n) is 4.69. The van der Waals surface area contributed by atoms with Gasteiger partial charge in [-0.3, -0.25) is 0 Å². The number of aromatic nitrogens is 3. The van der Waals surface area contributed by atoms with Gasteiger partial charge in [-0.15, -0.1) is 0 Å². The standard InChI is InChI=1S/C26H21ClN4O3/c1-32-20-10-8-16(12-21(20)33-2)25-22-23(18-13-17(27)9-11-19(18)34-25)30-26-28-14-29-31(26)24(22)15-6-4-3-5-7-15/h3-14,24-25H,1-2H3,(H,28,29,30)/t24-,25-/m0/s1. The molecule has 2 aliphatic heterocycles. The van der Waals surface area contributed by atoms with Crippen LogP contribution in [-0.2, 0) is 0 Å². The molecule has 34 heavy (non-hydrogen) atoms. The number of methoxy groups -OCH3 is 2. The highest BCUT2D eigenvalue weighted by atomic mass is 35.5. The fraction of sp³-hybridized carbons (Fsp3) is 0.154. The zero-order valence-electron chi connectivity index (χ0n) is 18.5. The van der Waals surface area contributed by atoms with E-state index < -0.39 is 6.10 Å². The van der Waals surface area contributed by atoms with Gasteiger partial charge in [0.25, 0.3) is 0 Å². The quantitative estimate of drug-likeness (QED) is 0.422. The smallest absolute Gasteiger partial charge is 0.226 e. The van der Waals surface area contributed by atoms with Crippen LogP contribution in [0.25, 0.3) is 5.70 Å². The van der Waals surface area contributed by atoms with Gasteiger partial charge in [0.2, 0.25) is 5.95 Å². The van der Waals surface area contributed by atoms with Gasteiger partial charge in [-0.1, -0.05) is 48.0 Å². The van der Waals surface area contributed by atoms with Crippen LogP contribution < -0.4 is 19.5 Å². The number of benzene rings is 3. The zero-order chi connectivity index (χ0) is 23.2. The number of hydrogen-bond acceptors (Lipinski definition) is 6. The summed E-state index contributed by atoms with van der Waals surface area (Å²) < 4.78 is 19.6. The molecular weight excluding hydrogens is 452 g/mol. The van der Waals surface area contributed by atoms with Crippen LogP contribution >= 0.6 is 11.6 Å². The molecule has 7 nitrogen and oxygen atoms in total. The molecule has 2 aliphatic rings. The Morgan fingerprint density at radius 3 is 2.56 bits per heavy atom. The maximum Gasteiger partial charge on any atom is 0.226 e. The number of rotatable bonds is 4. The molecular formula is C26H21ClN4O3. The van der Waals surface area contributed by atoms with Gasteiger partial charge in [0.15, 0.2) is 11.5 Å². The second-order valence-corrected chi connectivity index (χ2v) is 8.49. The fourth-order valence-corrected chi connectivity index (χ4v) is 4.86. The summed E-state index contributed by atoms with van der Waals surface area (Å²) in [4.78, 5) is 4.46. The minimum atomic E-state index is -0.418. The molecule has 8 heteroatoms. The Kier molecular flexibility index (Phi) is 4.92. The summed E-state index contributed by atoms with van der Waals surface area (Å²) >= 11 is 6.40. The van der Waals surface area contributed by atoms with Crippen molar-refractivity contribution >= 4 is 23.2 Å². The lowest BCUT2D eigenvalue weighted by Gasteiger charge is -2.39. The van der Waals surface area contributed by atoms with Gasteiger partial charge in [0, 0.05) is 21.7 Å². The third-order valence-corrected chi connectivity index (χ3v) is 6.44. The molecule has 0 fully saturated rings. The molecule has 3 heterocycles. The molecule has 2 atom stereocenters. The molecule has 1 aromatic heterocycles. The number of anilines is 1. The Balaban J connectivity index is 1.62. The first-order chi connectivity index (χ1) is 16.7. The molecule has 3 aromatic carbocycles. The first-order valence-electron chi connectivity index (χ1n) is 10.8. The van der Waals surface area contributed by atoms with Crippen molar-refractivity contribution in [3.63, 3.8) is 0 Å². The topological polar surface area (TPSA) is 70.4 Å². The Morgan fingerprint density at radius 1 is 0.941 bits per heavy atom. The van der Waals surface area contributed by atoms with Crippen LogP contribution in [0, 0.1) is 0 Å². The normalized spacial score (nSPS) is 18.2. The lowest BCUT2D eigenvalue weighted by atomic mass is 9.84. The van der Waals surface area contributed by atoms with Gasteiger partial charge in [0.1, 0.15) is 24.2 Å². The minimum Gasteiger partial charge on any atom is -0.493 e. The van der Waals surface area contributed by atoms with Crippen LogP contribution in [-0.4, -0.2) is 29.0 Å². The Hall–Kier alpha value is -3.97. The van der Waals surface area contributed by atoms with Gasteiger partial charge >= 0.3 is 0 Å². The van der Waals surface area contributed by atoms with E-state index in [0.29, 0.717) is 22.5 Å². The van der Waals surface area contributed by atoms with Crippen LogP contribution in [0.2, 0.25) is 5.02 Å². The lowest BCUT2D eigenvalue weighted by Crippen LogP contribution is -2.32. The van der Waals surface area contributed by atoms with Crippen molar-refractivity contribution in [1.29, 1.82) is 0 Å². The predicted molar refractivity (Wildman–Crippen MR) is 130 cm³/mol. The Morgan fingerprint density at radius 2 is 1.76 bits per heavy atom. The Labute approximate surface area is 201 Å². The highest BCUT2D eigenvalue weighted by Crippen LogP contribution is 2.51. The third-order valence-electron chi connectivity index (χ3n) is 6.20. The number of fused-ring (bicyclic) bond motifs is 3. The van der Waals surface area contributed by atoms with Crippen molar-refractivity contribution in [3.05, 3.63) is 100 Å². The van der Waals surface area contributed by atoms with Crippen LogP contribution in [0.1, 0.15) is 28.8 Å². The van der Waals surface area contributed by atoms with E-state index in [1.165, 1.54) is 0 Å². The van der Waals surface area contributed by atoms with E-state index in [9.17, 15) is 0 Å². The largest absolute Gasteiger partial charge is 0.493 e. The monoisotopic (exact) mass is 472 g/mol. The van der Waals surface area contributed by atoms with E-state index in [4.69, 9.17) is 25.8 Å². The first kappa shape index (κ1) is 20.6. The molecule has 0 aliphatic carbocycles. The van der Waals surface area contributed by atoms with E-state index in [-0.39, 0.29) is 6.04 Å². The number of halogens is 1. The van der Waals surface area contributed by atoms with Crippen molar-refractivity contribution in [2.45, 2.75) is 12.1 Å². The van der Waals surface area contributed by atoms with Crippen molar-refractivity contribution in [1.82, 2.24) is 14.8 Å². The van der Waals surface area contributed by atoms with E-state index in [2.05, 4.69) is 27.5 Å². The zero-order valence-corrected chi connectivity index (χ0v) is 19.3. The molecule has 0 saturated carbocycles.